The molecule has 3 rings (SSSR count). The lowest BCUT2D eigenvalue weighted by atomic mass is 10.2. The summed E-state index contributed by atoms with van der Waals surface area (Å²) >= 11 is 0. The van der Waals surface area contributed by atoms with Crippen molar-refractivity contribution in [1.82, 2.24) is 10.3 Å². The van der Waals surface area contributed by atoms with Crippen LogP contribution in [0, 0.1) is 0 Å². The molecule has 0 fully saturated rings. The van der Waals surface area contributed by atoms with E-state index in [0.29, 0.717) is 22.7 Å². The Morgan fingerprint density at radius 2 is 1.74 bits per heavy atom. The van der Waals surface area contributed by atoms with Crippen molar-refractivity contribution < 1.29 is 23.9 Å². The van der Waals surface area contributed by atoms with Gasteiger partial charge in [0.25, 0.3) is 5.91 Å². The van der Waals surface area contributed by atoms with E-state index >= 15 is 0 Å². The molecule has 0 bridgehead atoms. The number of amides is 3. The first-order valence-electron chi connectivity index (χ1n) is 10.7. The van der Waals surface area contributed by atoms with Crippen molar-refractivity contribution in [3.8, 4) is 11.5 Å². The Morgan fingerprint density at radius 3 is 2.40 bits per heavy atom. The molecule has 1 aromatic heterocycles. The Labute approximate surface area is 203 Å². The lowest BCUT2D eigenvalue weighted by Gasteiger charge is -2.15. The predicted molar refractivity (Wildman–Crippen MR) is 133 cm³/mol. The third-order valence-corrected chi connectivity index (χ3v) is 4.94. The van der Waals surface area contributed by atoms with Gasteiger partial charge in [-0.25, -0.2) is 0 Å². The molecule has 0 radical (unpaired) electrons. The van der Waals surface area contributed by atoms with Crippen LogP contribution < -0.4 is 25.4 Å². The second-order valence-electron chi connectivity index (χ2n) is 7.44. The first-order valence-corrected chi connectivity index (χ1v) is 10.7. The van der Waals surface area contributed by atoms with Crippen LogP contribution in [0.25, 0.3) is 6.08 Å². The van der Waals surface area contributed by atoms with E-state index in [-0.39, 0.29) is 5.91 Å². The number of rotatable bonds is 9. The molecule has 1 unspecified atom stereocenters. The third kappa shape index (κ3) is 7.16. The van der Waals surface area contributed by atoms with E-state index < -0.39 is 17.9 Å². The number of pyridine rings is 1. The van der Waals surface area contributed by atoms with Gasteiger partial charge in [0.2, 0.25) is 11.8 Å². The molecule has 3 aromatic rings. The van der Waals surface area contributed by atoms with E-state index in [2.05, 4.69) is 20.9 Å². The number of carbonyl (C=O) groups excluding carboxylic acids is 3. The Morgan fingerprint density at radius 1 is 0.971 bits per heavy atom. The Balaban J connectivity index is 1.57. The van der Waals surface area contributed by atoms with Crippen LogP contribution in [0.4, 0.5) is 11.4 Å². The van der Waals surface area contributed by atoms with Gasteiger partial charge in [-0.15, -0.1) is 0 Å². The van der Waals surface area contributed by atoms with Gasteiger partial charge in [-0.2, -0.15) is 0 Å². The minimum atomic E-state index is -0.793. The number of ether oxygens (including phenoxy) is 2. The normalized spacial score (nSPS) is 11.4. The van der Waals surface area contributed by atoms with Crippen LogP contribution in [0.3, 0.4) is 0 Å². The van der Waals surface area contributed by atoms with Gasteiger partial charge in [-0.3, -0.25) is 19.4 Å². The van der Waals surface area contributed by atoms with Crippen LogP contribution >= 0.6 is 0 Å². The van der Waals surface area contributed by atoms with Gasteiger partial charge in [0.15, 0.2) is 0 Å². The molecule has 3 amide bonds. The number of carbonyl (C=O) groups is 3. The molecule has 0 aliphatic carbocycles. The molecule has 3 N–H and O–H groups in total. The van der Waals surface area contributed by atoms with Gasteiger partial charge < -0.3 is 25.4 Å². The smallest absolute Gasteiger partial charge is 0.257 e. The van der Waals surface area contributed by atoms with Gasteiger partial charge in [-0.05, 0) is 55.0 Å². The summed E-state index contributed by atoms with van der Waals surface area (Å²) in [5.74, 6) is -0.0799. The molecule has 180 valence electrons. The lowest BCUT2D eigenvalue weighted by molar-refractivity contribution is -0.123. The van der Waals surface area contributed by atoms with Crippen molar-refractivity contribution >= 4 is 35.2 Å². The maximum absolute atomic E-state index is 12.6. The van der Waals surface area contributed by atoms with Crippen molar-refractivity contribution in [3.63, 3.8) is 0 Å². The molecule has 1 atom stereocenters. The van der Waals surface area contributed by atoms with Gasteiger partial charge in [-0.1, -0.05) is 12.1 Å². The van der Waals surface area contributed by atoms with Crippen LogP contribution in [0.15, 0.2) is 73.1 Å². The van der Waals surface area contributed by atoms with Crippen molar-refractivity contribution in [3.05, 3.63) is 84.2 Å². The van der Waals surface area contributed by atoms with E-state index in [1.165, 1.54) is 19.4 Å². The topological polar surface area (TPSA) is 119 Å². The summed E-state index contributed by atoms with van der Waals surface area (Å²) < 4.78 is 10.5. The number of nitrogens with zero attached hydrogens (tertiary/aromatic N) is 1. The Kier molecular flexibility index (Phi) is 8.55. The molecular weight excluding hydrogens is 448 g/mol. The predicted octanol–water partition coefficient (Wildman–Crippen LogP) is 3.51. The second kappa shape index (κ2) is 12.0. The van der Waals surface area contributed by atoms with E-state index in [0.717, 1.165) is 11.3 Å². The largest absolute Gasteiger partial charge is 0.497 e. The highest BCUT2D eigenvalue weighted by Gasteiger charge is 2.16. The summed E-state index contributed by atoms with van der Waals surface area (Å²) in [6.45, 7) is 1.58. The molecule has 35 heavy (non-hydrogen) atoms. The number of hydrogen-bond donors (Lipinski definition) is 3. The molecular formula is C26H26N4O5. The lowest BCUT2D eigenvalue weighted by Crippen LogP contribution is -2.40. The number of nitrogens with one attached hydrogen (secondary N) is 3. The van der Waals surface area contributed by atoms with Crippen molar-refractivity contribution in [2.45, 2.75) is 13.0 Å². The van der Waals surface area contributed by atoms with Crippen LogP contribution in [0.1, 0.15) is 22.8 Å². The fourth-order valence-electron chi connectivity index (χ4n) is 3.03. The first-order chi connectivity index (χ1) is 16.9. The second-order valence-corrected chi connectivity index (χ2v) is 7.44. The molecule has 0 saturated carbocycles. The summed E-state index contributed by atoms with van der Waals surface area (Å²) in [6, 6.07) is 14.5. The van der Waals surface area contributed by atoms with Crippen molar-refractivity contribution in [2.75, 3.05) is 24.9 Å². The van der Waals surface area contributed by atoms with Gasteiger partial charge >= 0.3 is 0 Å². The van der Waals surface area contributed by atoms with Crippen LogP contribution in [-0.4, -0.2) is 43.0 Å². The molecule has 2 aromatic carbocycles. The zero-order chi connectivity index (χ0) is 25.2. The quantitative estimate of drug-likeness (QED) is 0.409. The van der Waals surface area contributed by atoms with Gasteiger partial charge in [0, 0.05) is 30.2 Å². The minimum Gasteiger partial charge on any atom is -0.497 e. The van der Waals surface area contributed by atoms with E-state index in [1.54, 1.807) is 68.8 Å². The van der Waals surface area contributed by atoms with Gasteiger partial charge in [0.05, 0.1) is 25.5 Å². The number of hydrogen-bond acceptors (Lipinski definition) is 6. The number of aromatic nitrogens is 1. The molecule has 0 aliphatic rings. The van der Waals surface area contributed by atoms with Gasteiger partial charge in [0.1, 0.15) is 17.5 Å². The zero-order valence-electron chi connectivity index (χ0n) is 19.6. The maximum atomic E-state index is 12.6. The Hall–Kier alpha value is -4.66. The van der Waals surface area contributed by atoms with E-state index in [9.17, 15) is 14.4 Å². The minimum absolute atomic E-state index is 0.341. The fraction of sp³-hybridized carbons (Fsp3) is 0.154. The SMILES string of the molecule is COc1ccc(/C=C/C(=O)NC(C)C(=O)Nc2ccc(NC(=O)c3cccnc3)c(OC)c2)cc1. The van der Waals surface area contributed by atoms with Crippen molar-refractivity contribution in [1.29, 1.82) is 0 Å². The summed E-state index contributed by atoms with van der Waals surface area (Å²) in [4.78, 5) is 41.1. The summed E-state index contributed by atoms with van der Waals surface area (Å²) in [7, 11) is 3.04. The van der Waals surface area contributed by atoms with Crippen LogP contribution in [0.5, 0.6) is 11.5 Å². The maximum Gasteiger partial charge on any atom is 0.257 e. The van der Waals surface area contributed by atoms with Crippen molar-refractivity contribution in [2.24, 2.45) is 0 Å². The highest BCUT2D eigenvalue weighted by atomic mass is 16.5. The molecule has 1 heterocycles. The fourth-order valence-corrected chi connectivity index (χ4v) is 3.03. The molecule has 0 saturated heterocycles. The summed E-state index contributed by atoms with van der Waals surface area (Å²) in [5, 5.41) is 8.10. The Bertz CT molecular complexity index is 1210. The standard InChI is InChI=1S/C26H26N4O5/c1-17(28-24(31)13-8-18-6-10-21(34-2)11-7-18)25(32)29-20-9-12-22(23(15-20)35-3)30-26(33)19-5-4-14-27-16-19/h4-17H,1-3H3,(H,28,31)(H,29,32)(H,30,33)/b13-8+. The molecule has 0 spiro atoms. The number of anilines is 2. The zero-order valence-corrected chi connectivity index (χ0v) is 19.6. The average Bonchev–Trinajstić information content (AvgIpc) is 2.89. The van der Waals surface area contributed by atoms with Crippen LogP contribution in [-0.2, 0) is 9.59 Å². The molecule has 9 nitrogen and oxygen atoms in total. The number of methoxy groups -OCH3 is 2. The summed E-state index contributed by atoms with van der Waals surface area (Å²) in [6.07, 6.45) is 6.03. The first kappa shape index (κ1) is 25.0. The average molecular weight is 475 g/mol. The summed E-state index contributed by atoms with van der Waals surface area (Å²) in [5.41, 5.74) is 2.10. The molecule has 9 heteroatoms. The van der Waals surface area contributed by atoms with Crippen LogP contribution in [0.2, 0.25) is 0 Å². The number of benzene rings is 2. The highest BCUT2D eigenvalue weighted by molar-refractivity contribution is 6.05. The monoisotopic (exact) mass is 474 g/mol. The molecule has 0 aliphatic heterocycles. The van der Waals surface area contributed by atoms with E-state index in [1.807, 2.05) is 12.1 Å². The van der Waals surface area contributed by atoms with E-state index in [4.69, 9.17) is 9.47 Å². The third-order valence-electron chi connectivity index (χ3n) is 4.94. The highest BCUT2D eigenvalue weighted by Crippen LogP contribution is 2.28.